The number of methoxy groups -OCH3 is 1. The van der Waals surface area contributed by atoms with Gasteiger partial charge in [0.15, 0.2) is 5.76 Å². The predicted octanol–water partition coefficient (Wildman–Crippen LogP) is 5.44. The maximum absolute atomic E-state index is 13.0. The van der Waals surface area contributed by atoms with E-state index in [1.165, 1.54) is 18.2 Å². The third kappa shape index (κ3) is 3.91. The summed E-state index contributed by atoms with van der Waals surface area (Å²) < 4.78 is 29.5. The van der Waals surface area contributed by atoms with Crippen molar-refractivity contribution >= 4 is 0 Å². The van der Waals surface area contributed by atoms with E-state index in [2.05, 4.69) is 5.16 Å². The van der Waals surface area contributed by atoms with Crippen LogP contribution in [-0.4, -0.2) is 17.4 Å². The number of benzene rings is 3. The zero-order valence-corrected chi connectivity index (χ0v) is 15.6. The zero-order valence-electron chi connectivity index (χ0n) is 15.6. The minimum absolute atomic E-state index is 0.00509. The summed E-state index contributed by atoms with van der Waals surface area (Å²) in [7, 11) is 1.59. The van der Waals surface area contributed by atoms with Crippen LogP contribution in [0, 0.1) is 5.82 Å². The first-order chi connectivity index (χ1) is 14.2. The first kappa shape index (κ1) is 18.6. The SMILES string of the molecule is COc1ccccc1-c1cnoc1-c1ccc(OCc2ccc(F)cc2)cc1O. The lowest BCUT2D eigenvalue weighted by Crippen LogP contribution is -1.95. The molecule has 0 saturated carbocycles. The lowest BCUT2D eigenvalue weighted by Gasteiger charge is -2.10. The molecule has 3 aromatic carbocycles. The highest BCUT2D eigenvalue weighted by molar-refractivity contribution is 5.84. The second-order valence-electron chi connectivity index (χ2n) is 6.36. The molecule has 0 atom stereocenters. The van der Waals surface area contributed by atoms with Crippen molar-refractivity contribution in [3.63, 3.8) is 0 Å². The molecule has 146 valence electrons. The van der Waals surface area contributed by atoms with Gasteiger partial charge in [-0.1, -0.05) is 35.5 Å². The molecule has 4 aromatic rings. The van der Waals surface area contributed by atoms with E-state index in [0.717, 1.165) is 11.1 Å². The Kier molecular flexibility index (Phi) is 5.16. The second kappa shape index (κ2) is 8.06. The molecule has 0 spiro atoms. The third-order valence-corrected chi connectivity index (χ3v) is 4.50. The van der Waals surface area contributed by atoms with Crippen molar-refractivity contribution in [2.24, 2.45) is 0 Å². The fraction of sp³-hybridized carbons (Fsp3) is 0.0870. The Bertz CT molecular complexity index is 1120. The van der Waals surface area contributed by atoms with Crippen LogP contribution in [0.4, 0.5) is 4.39 Å². The van der Waals surface area contributed by atoms with Crippen molar-refractivity contribution in [1.29, 1.82) is 0 Å². The predicted molar refractivity (Wildman–Crippen MR) is 106 cm³/mol. The van der Waals surface area contributed by atoms with Crippen molar-refractivity contribution in [2.75, 3.05) is 7.11 Å². The smallest absolute Gasteiger partial charge is 0.178 e. The molecule has 4 rings (SSSR count). The Morgan fingerprint density at radius 1 is 0.966 bits per heavy atom. The molecule has 29 heavy (non-hydrogen) atoms. The van der Waals surface area contributed by atoms with Crippen molar-refractivity contribution < 1.29 is 23.5 Å². The molecule has 0 bridgehead atoms. The zero-order chi connectivity index (χ0) is 20.2. The van der Waals surface area contributed by atoms with Crippen LogP contribution in [-0.2, 0) is 6.61 Å². The highest BCUT2D eigenvalue weighted by Gasteiger charge is 2.19. The van der Waals surface area contributed by atoms with E-state index in [4.69, 9.17) is 14.0 Å². The number of hydrogen-bond donors (Lipinski definition) is 1. The number of rotatable bonds is 6. The molecular formula is C23H18FNO4. The van der Waals surface area contributed by atoms with Gasteiger partial charge in [0.1, 0.15) is 29.7 Å². The van der Waals surface area contributed by atoms with Crippen LogP contribution in [0.25, 0.3) is 22.5 Å². The molecule has 6 heteroatoms. The molecule has 0 fully saturated rings. The monoisotopic (exact) mass is 391 g/mol. The number of hydrogen-bond acceptors (Lipinski definition) is 5. The average molecular weight is 391 g/mol. The Balaban J connectivity index is 1.59. The van der Waals surface area contributed by atoms with Gasteiger partial charge in [-0.2, -0.15) is 0 Å². The Labute approximate surface area is 166 Å². The Morgan fingerprint density at radius 2 is 1.76 bits per heavy atom. The number of nitrogens with zero attached hydrogens (tertiary/aromatic N) is 1. The van der Waals surface area contributed by atoms with E-state index < -0.39 is 0 Å². The third-order valence-electron chi connectivity index (χ3n) is 4.50. The first-order valence-corrected chi connectivity index (χ1v) is 8.94. The van der Waals surface area contributed by atoms with Crippen LogP contribution in [0.2, 0.25) is 0 Å². The van der Waals surface area contributed by atoms with E-state index in [1.807, 2.05) is 24.3 Å². The van der Waals surface area contributed by atoms with Crippen molar-refractivity contribution in [1.82, 2.24) is 5.16 Å². The number of aromatic nitrogens is 1. The van der Waals surface area contributed by atoms with E-state index in [-0.39, 0.29) is 18.2 Å². The molecule has 1 aromatic heterocycles. The fourth-order valence-electron chi connectivity index (χ4n) is 3.03. The minimum Gasteiger partial charge on any atom is -0.507 e. The summed E-state index contributed by atoms with van der Waals surface area (Å²) >= 11 is 0. The number of para-hydroxylation sites is 1. The maximum Gasteiger partial charge on any atom is 0.178 e. The van der Waals surface area contributed by atoms with Crippen LogP contribution >= 0.6 is 0 Å². The summed E-state index contributed by atoms with van der Waals surface area (Å²) in [5.41, 5.74) is 2.82. The van der Waals surface area contributed by atoms with Crippen LogP contribution in [0.1, 0.15) is 5.56 Å². The molecule has 0 aliphatic heterocycles. The molecule has 1 heterocycles. The fourth-order valence-corrected chi connectivity index (χ4v) is 3.03. The topological polar surface area (TPSA) is 64.7 Å². The van der Waals surface area contributed by atoms with Gasteiger partial charge in [-0.3, -0.25) is 0 Å². The number of phenolic OH excluding ortho intramolecular Hbond substituents is 1. The van der Waals surface area contributed by atoms with Gasteiger partial charge in [-0.05, 0) is 35.9 Å². The highest BCUT2D eigenvalue weighted by atomic mass is 19.1. The van der Waals surface area contributed by atoms with Crippen LogP contribution in [0.3, 0.4) is 0 Å². The summed E-state index contributed by atoms with van der Waals surface area (Å²) in [6.07, 6.45) is 1.59. The summed E-state index contributed by atoms with van der Waals surface area (Å²) in [4.78, 5) is 0. The lowest BCUT2D eigenvalue weighted by atomic mass is 10.0. The van der Waals surface area contributed by atoms with E-state index in [1.54, 1.807) is 37.6 Å². The van der Waals surface area contributed by atoms with Gasteiger partial charge in [0, 0.05) is 11.6 Å². The largest absolute Gasteiger partial charge is 0.507 e. The quantitative estimate of drug-likeness (QED) is 0.474. The number of aromatic hydroxyl groups is 1. The standard InChI is InChI=1S/C23H18FNO4/c1-27-22-5-3-2-4-18(22)20-13-25-29-23(20)19-11-10-17(12-21(19)26)28-14-15-6-8-16(24)9-7-15/h2-13,26H,14H2,1H3. The van der Waals surface area contributed by atoms with Gasteiger partial charge in [-0.25, -0.2) is 4.39 Å². The van der Waals surface area contributed by atoms with Gasteiger partial charge in [-0.15, -0.1) is 0 Å². The minimum atomic E-state index is -0.298. The molecule has 5 nitrogen and oxygen atoms in total. The lowest BCUT2D eigenvalue weighted by molar-refractivity contribution is 0.304. The molecular weight excluding hydrogens is 373 g/mol. The van der Waals surface area contributed by atoms with Gasteiger partial charge >= 0.3 is 0 Å². The Hall–Kier alpha value is -3.80. The van der Waals surface area contributed by atoms with Crippen LogP contribution < -0.4 is 9.47 Å². The van der Waals surface area contributed by atoms with Gasteiger partial charge in [0.25, 0.3) is 0 Å². The molecule has 0 radical (unpaired) electrons. The van der Waals surface area contributed by atoms with E-state index in [0.29, 0.717) is 28.4 Å². The highest BCUT2D eigenvalue weighted by Crippen LogP contribution is 2.41. The van der Waals surface area contributed by atoms with Crippen molar-refractivity contribution in [3.05, 3.63) is 84.3 Å². The Morgan fingerprint density at radius 3 is 2.52 bits per heavy atom. The summed E-state index contributed by atoms with van der Waals surface area (Å²) in [5, 5.41) is 14.4. The molecule has 0 aliphatic carbocycles. The summed E-state index contributed by atoms with van der Waals surface area (Å²) in [6, 6.07) is 18.5. The number of phenols is 1. The second-order valence-corrected chi connectivity index (χ2v) is 6.36. The molecule has 0 unspecified atom stereocenters. The normalized spacial score (nSPS) is 10.7. The number of ether oxygens (including phenoxy) is 2. The van der Waals surface area contributed by atoms with E-state index >= 15 is 0 Å². The van der Waals surface area contributed by atoms with Gasteiger partial charge < -0.3 is 19.1 Å². The molecule has 1 N–H and O–H groups in total. The first-order valence-electron chi connectivity index (χ1n) is 8.94. The van der Waals surface area contributed by atoms with Crippen LogP contribution in [0.5, 0.6) is 17.2 Å². The molecule has 0 amide bonds. The maximum atomic E-state index is 13.0. The van der Waals surface area contributed by atoms with Gasteiger partial charge in [0.05, 0.1) is 24.4 Å². The van der Waals surface area contributed by atoms with Crippen LogP contribution in [0.15, 0.2) is 77.4 Å². The summed E-state index contributed by atoms with van der Waals surface area (Å²) in [5.74, 6) is 1.28. The van der Waals surface area contributed by atoms with Crippen molar-refractivity contribution in [2.45, 2.75) is 6.61 Å². The van der Waals surface area contributed by atoms with Gasteiger partial charge in [0.2, 0.25) is 0 Å². The summed E-state index contributed by atoms with van der Waals surface area (Å²) in [6.45, 7) is 0.258. The van der Waals surface area contributed by atoms with E-state index in [9.17, 15) is 9.50 Å². The number of halogens is 1. The van der Waals surface area contributed by atoms with Crippen molar-refractivity contribution in [3.8, 4) is 39.7 Å². The molecule has 0 aliphatic rings. The molecule has 0 saturated heterocycles. The average Bonchev–Trinajstić information content (AvgIpc) is 3.22.